The van der Waals surface area contributed by atoms with Crippen molar-refractivity contribution in [2.45, 2.75) is 17.8 Å². The fourth-order valence-electron chi connectivity index (χ4n) is 2.36. The molecule has 0 aromatic heterocycles. The average molecular weight is 368 g/mol. The molecule has 2 N–H and O–H groups in total. The lowest BCUT2D eigenvalue weighted by atomic mass is 9.73. The van der Waals surface area contributed by atoms with Crippen LogP contribution < -0.4 is 0 Å². The Hall–Kier alpha value is -2.06. The Morgan fingerprint density at radius 3 is 0.960 bits per heavy atom. The number of alkyl halides is 6. The SMILES string of the molecule is CO.CO.FC(F)(F)C(c1ccccc1)(c1ccccc1)C(F)(F)F. The van der Waals surface area contributed by atoms with Gasteiger partial charge in [-0.3, -0.25) is 0 Å². The molecule has 2 aromatic carbocycles. The van der Waals surface area contributed by atoms with Crippen molar-refractivity contribution >= 4 is 0 Å². The first kappa shape index (κ1) is 22.9. The smallest absolute Gasteiger partial charge is 0.400 e. The minimum atomic E-state index is -5.52. The second kappa shape index (κ2) is 9.43. The lowest BCUT2D eigenvalue weighted by molar-refractivity contribution is -0.288. The average Bonchev–Trinajstić information content (AvgIpc) is 2.58. The molecule has 8 heteroatoms. The number of halogens is 6. The molecule has 0 spiro atoms. The van der Waals surface area contributed by atoms with Gasteiger partial charge in [0.25, 0.3) is 0 Å². The fraction of sp³-hybridized carbons (Fsp3) is 0.294. The van der Waals surface area contributed by atoms with Gasteiger partial charge in [0.05, 0.1) is 0 Å². The number of aliphatic hydroxyl groups excluding tert-OH is 2. The van der Waals surface area contributed by atoms with Crippen molar-refractivity contribution in [3.8, 4) is 0 Å². The van der Waals surface area contributed by atoms with Crippen LogP contribution in [0.1, 0.15) is 11.1 Å². The van der Waals surface area contributed by atoms with Gasteiger partial charge in [0.1, 0.15) is 0 Å². The van der Waals surface area contributed by atoms with E-state index in [0.717, 1.165) is 62.8 Å². The minimum absolute atomic E-state index is 0.841. The summed E-state index contributed by atoms with van der Waals surface area (Å²) in [5, 5.41) is 14.0. The summed E-state index contributed by atoms with van der Waals surface area (Å²) in [5.41, 5.74) is -5.74. The van der Waals surface area contributed by atoms with E-state index in [1.54, 1.807) is 0 Å². The largest absolute Gasteiger partial charge is 0.411 e. The van der Waals surface area contributed by atoms with Gasteiger partial charge in [-0.25, -0.2) is 0 Å². The van der Waals surface area contributed by atoms with Gasteiger partial charge in [0.2, 0.25) is 5.41 Å². The molecule has 2 aromatic rings. The normalized spacial score (nSPS) is 11.6. The van der Waals surface area contributed by atoms with E-state index in [2.05, 4.69) is 0 Å². The van der Waals surface area contributed by atoms with E-state index in [1.165, 1.54) is 12.1 Å². The molecule has 0 aliphatic heterocycles. The van der Waals surface area contributed by atoms with Gasteiger partial charge in [-0.2, -0.15) is 26.3 Å². The number of aliphatic hydroxyl groups is 2. The van der Waals surface area contributed by atoms with Crippen molar-refractivity contribution in [2.75, 3.05) is 14.2 Å². The third-order valence-electron chi connectivity index (χ3n) is 3.26. The van der Waals surface area contributed by atoms with E-state index < -0.39 is 28.9 Å². The predicted molar refractivity (Wildman–Crippen MR) is 82.1 cm³/mol. The van der Waals surface area contributed by atoms with Gasteiger partial charge in [-0.1, -0.05) is 60.7 Å². The lowest BCUT2D eigenvalue weighted by Crippen LogP contribution is -2.54. The van der Waals surface area contributed by atoms with Gasteiger partial charge in [-0.15, -0.1) is 0 Å². The van der Waals surface area contributed by atoms with Crippen LogP contribution in [0.15, 0.2) is 60.7 Å². The second-order valence-electron chi connectivity index (χ2n) is 4.48. The summed E-state index contributed by atoms with van der Waals surface area (Å²) in [4.78, 5) is 0. The van der Waals surface area contributed by atoms with Crippen molar-refractivity contribution < 1.29 is 36.6 Å². The van der Waals surface area contributed by atoms with E-state index in [9.17, 15) is 26.3 Å². The monoisotopic (exact) mass is 368 g/mol. The Labute approximate surface area is 141 Å². The fourth-order valence-corrected chi connectivity index (χ4v) is 2.36. The van der Waals surface area contributed by atoms with Crippen LogP contribution >= 0.6 is 0 Å². The highest BCUT2D eigenvalue weighted by Gasteiger charge is 2.72. The molecule has 2 rings (SSSR count). The zero-order valence-corrected chi connectivity index (χ0v) is 13.4. The molecule has 0 saturated carbocycles. The highest BCUT2D eigenvalue weighted by Crippen LogP contribution is 2.55. The van der Waals surface area contributed by atoms with E-state index in [-0.39, 0.29) is 0 Å². The van der Waals surface area contributed by atoms with Crippen LogP contribution in [0.2, 0.25) is 0 Å². The molecule has 0 amide bonds. The Kier molecular flexibility index (Phi) is 8.65. The third kappa shape index (κ3) is 4.52. The number of hydrogen-bond donors (Lipinski definition) is 2. The molecule has 25 heavy (non-hydrogen) atoms. The molecule has 0 fully saturated rings. The first-order valence-electron chi connectivity index (χ1n) is 6.85. The summed E-state index contributed by atoms with van der Waals surface area (Å²) >= 11 is 0. The molecule has 0 saturated heterocycles. The number of benzene rings is 2. The summed E-state index contributed by atoms with van der Waals surface area (Å²) in [6.07, 6.45) is -11.0. The van der Waals surface area contributed by atoms with Crippen LogP contribution in [-0.4, -0.2) is 36.8 Å². The van der Waals surface area contributed by atoms with Gasteiger partial charge < -0.3 is 10.2 Å². The molecule has 0 aliphatic rings. The van der Waals surface area contributed by atoms with Crippen LogP contribution in [0.25, 0.3) is 0 Å². The second-order valence-corrected chi connectivity index (χ2v) is 4.48. The molecule has 2 nitrogen and oxygen atoms in total. The van der Waals surface area contributed by atoms with E-state index in [1.807, 2.05) is 0 Å². The van der Waals surface area contributed by atoms with Gasteiger partial charge >= 0.3 is 12.4 Å². The zero-order chi connectivity index (χ0) is 19.7. The predicted octanol–water partition coefficient (Wildman–Crippen LogP) is 4.31. The van der Waals surface area contributed by atoms with Crippen LogP contribution in [0.5, 0.6) is 0 Å². The molecule has 140 valence electrons. The van der Waals surface area contributed by atoms with Crippen molar-refractivity contribution in [3.05, 3.63) is 71.8 Å². The summed E-state index contributed by atoms with van der Waals surface area (Å²) in [5.74, 6) is 0. The Bertz CT molecular complexity index is 539. The lowest BCUT2D eigenvalue weighted by Gasteiger charge is -2.38. The quantitative estimate of drug-likeness (QED) is 0.776. The molecular weight excluding hydrogens is 350 g/mol. The summed E-state index contributed by atoms with van der Waals surface area (Å²) < 4.78 is 81.1. The van der Waals surface area contributed by atoms with Gasteiger partial charge in [-0.05, 0) is 11.1 Å². The van der Waals surface area contributed by atoms with E-state index in [4.69, 9.17) is 10.2 Å². The third-order valence-corrected chi connectivity index (χ3v) is 3.26. The molecule has 0 bridgehead atoms. The van der Waals surface area contributed by atoms with E-state index in [0.29, 0.717) is 0 Å². The zero-order valence-electron chi connectivity index (χ0n) is 13.4. The Morgan fingerprint density at radius 1 is 0.520 bits per heavy atom. The van der Waals surface area contributed by atoms with Gasteiger partial charge in [0, 0.05) is 14.2 Å². The summed E-state index contributed by atoms with van der Waals surface area (Å²) in [6, 6.07) is 10.7. The molecular formula is C17H18F6O2. The van der Waals surface area contributed by atoms with Crippen molar-refractivity contribution in [2.24, 2.45) is 0 Å². The summed E-state index contributed by atoms with van der Waals surface area (Å²) in [7, 11) is 2.00. The summed E-state index contributed by atoms with van der Waals surface area (Å²) in [6.45, 7) is 0. The maximum Gasteiger partial charge on any atom is 0.411 e. The molecule has 0 heterocycles. The topological polar surface area (TPSA) is 40.5 Å². The number of rotatable bonds is 2. The molecule has 0 aliphatic carbocycles. The van der Waals surface area contributed by atoms with Crippen molar-refractivity contribution in [3.63, 3.8) is 0 Å². The minimum Gasteiger partial charge on any atom is -0.400 e. The van der Waals surface area contributed by atoms with Crippen LogP contribution in [-0.2, 0) is 5.41 Å². The van der Waals surface area contributed by atoms with Crippen molar-refractivity contribution in [1.82, 2.24) is 0 Å². The maximum absolute atomic E-state index is 13.5. The Balaban J connectivity index is 0.00000134. The molecule has 0 atom stereocenters. The van der Waals surface area contributed by atoms with Crippen LogP contribution in [0, 0.1) is 0 Å². The van der Waals surface area contributed by atoms with Crippen LogP contribution in [0.4, 0.5) is 26.3 Å². The van der Waals surface area contributed by atoms with Crippen molar-refractivity contribution in [1.29, 1.82) is 0 Å². The first-order valence-corrected chi connectivity index (χ1v) is 6.85. The Morgan fingerprint density at radius 2 is 0.760 bits per heavy atom. The number of hydrogen-bond acceptors (Lipinski definition) is 2. The highest BCUT2D eigenvalue weighted by molar-refractivity contribution is 5.43. The van der Waals surface area contributed by atoms with E-state index >= 15 is 0 Å². The molecule has 0 radical (unpaired) electrons. The first-order chi connectivity index (χ1) is 11.7. The van der Waals surface area contributed by atoms with Gasteiger partial charge in [0.15, 0.2) is 0 Å². The standard InChI is InChI=1S/C15H10F6.2CH4O/c16-14(17,18)13(15(19,20)21,11-7-3-1-4-8-11)12-9-5-2-6-10-12;2*1-2/h1-10H;2*2H,1H3. The highest BCUT2D eigenvalue weighted by atomic mass is 19.4. The molecule has 0 unspecified atom stereocenters. The maximum atomic E-state index is 13.5. The van der Waals surface area contributed by atoms with Crippen LogP contribution in [0.3, 0.4) is 0 Å².